The van der Waals surface area contributed by atoms with Gasteiger partial charge in [-0.15, -0.1) is 0 Å². The fourth-order valence-electron chi connectivity index (χ4n) is 2.26. The van der Waals surface area contributed by atoms with Gasteiger partial charge in [-0.25, -0.2) is 12.7 Å². The van der Waals surface area contributed by atoms with Crippen LogP contribution < -0.4 is 5.73 Å². The van der Waals surface area contributed by atoms with E-state index in [1.54, 1.807) is 4.31 Å². The Morgan fingerprint density at radius 1 is 1.13 bits per heavy atom. The van der Waals surface area contributed by atoms with Crippen molar-refractivity contribution in [3.05, 3.63) is 0 Å². The van der Waals surface area contributed by atoms with E-state index in [9.17, 15) is 8.42 Å². The van der Waals surface area contributed by atoms with Crippen molar-refractivity contribution in [3.63, 3.8) is 0 Å². The lowest BCUT2D eigenvalue weighted by atomic mass is 9.95. The highest BCUT2D eigenvalue weighted by Gasteiger charge is 2.40. The molecule has 0 aromatic heterocycles. The van der Waals surface area contributed by atoms with E-state index < -0.39 is 10.0 Å². The Hall–Kier alpha value is -0.130. The molecule has 2 N–H and O–H groups in total. The van der Waals surface area contributed by atoms with Crippen molar-refractivity contribution in [3.8, 4) is 0 Å². The van der Waals surface area contributed by atoms with Gasteiger partial charge in [-0.05, 0) is 44.6 Å². The van der Waals surface area contributed by atoms with Gasteiger partial charge in [-0.1, -0.05) is 0 Å². The summed E-state index contributed by atoms with van der Waals surface area (Å²) < 4.78 is 25.5. The molecule has 1 saturated carbocycles. The maximum absolute atomic E-state index is 11.9. The quantitative estimate of drug-likeness (QED) is 0.769. The molecule has 2 rings (SSSR count). The van der Waals surface area contributed by atoms with Crippen LogP contribution in [0.2, 0.25) is 0 Å². The Kier molecular flexibility index (Phi) is 3.33. The van der Waals surface area contributed by atoms with Crippen LogP contribution in [0.4, 0.5) is 0 Å². The Morgan fingerprint density at radius 2 is 1.73 bits per heavy atom. The Bertz CT molecular complexity index is 303. The van der Waals surface area contributed by atoms with E-state index in [2.05, 4.69) is 0 Å². The number of piperidine rings is 1. The van der Waals surface area contributed by atoms with Crippen LogP contribution in [-0.2, 0) is 10.0 Å². The van der Waals surface area contributed by atoms with Crippen molar-refractivity contribution >= 4 is 10.0 Å². The molecule has 0 atom stereocenters. The molecular weight excluding hydrogens is 212 g/mol. The summed E-state index contributed by atoms with van der Waals surface area (Å²) in [4.78, 5) is 0. The second-order valence-corrected chi connectivity index (χ2v) is 6.88. The second kappa shape index (κ2) is 4.39. The molecule has 1 aliphatic carbocycles. The van der Waals surface area contributed by atoms with Crippen LogP contribution in [0, 0.1) is 5.92 Å². The number of hydrogen-bond donors (Lipinski definition) is 1. The van der Waals surface area contributed by atoms with E-state index in [4.69, 9.17) is 5.73 Å². The minimum atomic E-state index is -2.93. The number of nitrogens with zero attached hydrogens (tertiary/aromatic N) is 1. The molecule has 4 nitrogen and oxygen atoms in total. The zero-order valence-corrected chi connectivity index (χ0v) is 9.88. The standard InChI is InChI=1S/C10H20N2O2S/c11-6-3-9-4-7-12(8-5-9)15(13,14)10-1-2-10/h9-10H,1-8,11H2. The zero-order valence-electron chi connectivity index (χ0n) is 9.06. The van der Waals surface area contributed by atoms with Crippen molar-refractivity contribution < 1.29 is 8.42 Å². The second-order valence-electron chi connectivity index (χ2n) is 4.66. The van der Waals surface area contributed by atoms with Gasteiger partial charge in [0.15, 0.2) is 0 Å². The highest BCUT2D eigenvalue weighted by molar-refractivity contribution is 7.90. The average Bonchev–Trinajstić information content (AvgIpc) is 3.02. The predicted molar refractivity (Wildman–Crippen MR) is 59.9 cm³/mol. The van der Waals surface area contributed by atoms with Crippen molar-refractivity contribution in [2.24, 2.45) is 11.7 Å². The highest BCUT2D eigenvalue weighted by Crippen LogP contribution is 2.33. The summed E-state index contributed by atoms with van der Waals surface area (Å²) in [6, 6.07) is 0. The maximum atomic E-state index is 11.9. The highest BCUT2D eigenvalue weighted by atomic mass is 32.2. The largest absolute Gasteiger partial charge is 0.330 e. The predicted octanol–water partition coefficient (Wildman–Crippen LogP) is 0.539. The van der Waals surface area contributed by atoms with E-state index in [1.807, 2.05) is 0 Å². The van der Waals surface area contributed by atoms with Gasteiger partial charge in [-0.2, -0.15) is 0 Å². The molecular formula is C10H20N2O2S. The number of hydrogen-bond acceptors (Lipinski definition) is 3. The molecule has 0 aromatic carbocycles. The third-order valence-corrected chi connectivity index (χ3v) is 5.85. The van der Waals surface area contributed by atoms with Crippen LogP contribution in [0.5, 0.6) is 0 Å². The fourth-order valence-corrected chi connectivity index (χ4v) is 4.14. The molecule has 15 heavy (non-hydrogen) atoms. The van der Waals surface area contributed by atoms with E-state index in [-0.39, 0.29) is 5.25 Å². The summed E-state index contributed by atoms with van der Waals surface area (Å²) in [6.45, 7) is 2.15. The van der Waals surface area contributed by atoms with Gasteiger partial charge in [0.25, 0.3) is 0 Å². The summed E-state index contributed by atoms with van der Waals surface area (Å²) in [5, 5.41) is -0.0523. The number of rotatable bonds is 4. The van der Waals surface area contributed by atoms with E-state index >= 15 is 0 Å². The van der Waals surface area contributed by atoms with Gasteiger partial charge in [0.1, 0.15) is 0 Å². The van der Waals surface area contributed by atoms with Gasteiger partial charge < -0.3 is 5.73 Å². The van der Waals surface area contributed by atoms with E-state index in [0.717, 1.165) is 38.6 Å². The van der Waals surface area contributed by atoms with Crippen molar-refractivity contribution in [1.29, 1.82) is 0 Å². The molecule has 0 spiro atoms. The Morgan fingerprint density at radius 3 is 2.20 bits per heavy atom. The third-order valence-electron chi connectivity index (χ3n) is 3.45. The van der Waals surface area contributed by atoms with Crippen molar-refractivity contribution in [2.45, 2.75) is 37.4 Å². The summed E-state index contributed by atoms with van der Waals surface area (Å²) in [6.07, 6.45) is 4.75. The van der Waals surface area contributed by atoms with Crippen LogP contribution in [-0.4, -0.2) is 37.6 Å². The number of nitrogens with two attached hydrogens (primary N) is 1. The topological polar surface area (TPSA) is 63.4 Å². The molecule has 1 aliphatic heterocycles. The van der Waals surface area contributed by atoms with Gasteiger partial charge in [0.2, 0.25) is 10.0 Å². The summed E-state index contributed by atoms with van der Waals surface area (Å²) >= 11 is 0. The summed E-state index contributed by atoms with van der Waals surface area (Å²) in [7, 11) is -2.93. The van der Waals surface area contributed by atoms with Crippen LogP contribution >= 0.6 is 0 Å². The molecule has 0 bridgehead atoms. The molecule has 0 aromatic rings. The molecule has 0 unspecified atom stereocenters. The molecule has 1 heterocycles. The lowest BCUT2D eigenvalue weighted by Crippen LogP contribution is -2.40. The Labute approximate surface area is 91.9 Å². The van der Waals surface area contributed by atoms with Crippen molar-refractivity contribution in [2.75, 3.05) is 19.6 Å². The van der Waals surface area contributed by atoms with Gasteiger partial charge in [0.05, 0.1) is 5.25 Å². The molecule has 0 amide bonds. The monoisotopic (exact) mass is 232 g/mol. The first kappa shape index (κ1) is 11.4. The zero-order chi connectivity index (χ0) is 10.9. The lowest BCUT2D eigenvalue weighted by Gasteiger charge is -2.31. The van der Waals surface area contributed by atoms with E-state index in [0.29, 0.717) is 19.0 Å². The third kappa shape index (κ3) is 2.52. The summed E-state index contributed by atoms with van der Waals surface area (Å²) in [5.41, 5.74) is 5.51. The first-order chi connectivity index (χ1) is 7.14. The summed E-state index contributed by atoms with van der Waals surface area (Å²) in [5.74, 6) is 0.639. The Balaban J connectivity index is 1.87. The minimum Gasteiger partial charge on any atom is -0.330 e. The smallest absolute Gasteiger partial charge is 0.216 e. The van der Waals surface area contributed by atoms with Crippen LogP contribution in [0.1, 0.15) is 32.1 Å². The maximum Gasteiger partial charge on any atom is 0.216 e. The van der Waals surface area contributed by atoms with Gasteiger partial charge in [-0.3, -0.25) is 0 Å². The minimum absolute atomic E-state index is 0.0523. The van der Waals surface area contributed by atoms with Crippen LogP contribution in [0.25, 0.3) is 0 Å². The van der Waals surface area contributed by atoms with E-state index in [1.165, 1.54) is 0 Å². The fraction of sp³-hybridized carbons (Fsp3) is 1.00. The normalized spacial score (nSPS) is 25.7. The molecule has 88 valence electrons. The lowest BCUT2D eigenvalue weighted by molar-refractivity contribution is 0.265. The SMILES string of the molecule is NCCC1CCN(S(=O)(=O)C2CC2)CC1. The van der Waals surface area contributed by atoms with Crippen LogP contribution in [0.3, 0.4) is 0 Å². The van der Waals surface area contributed by atoms with Crippen LogP contribution in [0.15, 0.2) is 0 Å². The van der Waals surface area contributed by atoms with Gasteiger partial charge in [0, 0.05) is 13.1 Å². The molecule has 1 saturated heterocycles. The molecule has 2 aliphatic rings. The first-order valence-electron chi connectivity index (χ1n) is 5.83. The molecule has 5 heteroatoms. The molecule has 0 radical (unpaired) electrons. The average molecular weight is 232 g/mol. The number of sulfonamides is 1. The molecule has 2 fully saturated rings. The van der Waals surface area contributed by atoms with Crippen molar-refractivity contribution in [1.82, 2.24) is 4.31 Å². The first-order valence-corrected chi connectivity index (χ1v) is 7.34. The van der Waals surface area contributed by atoms with Gasteiger partial charge >= 0.3 is 0 Å².